The zero-order chi connectivity index (χ0) is 24.9. The zero-order valence-corrected chi connectivity index (χ0v) is 23.3. The van der Waals surface area contributed by atoms with Gasteiger partial charge in [-0.1, -0.05) is 42.5 Å². The Labute approximate surface area is 229 Å². The number of esters is 1. The standard InChI is InChI=1S/C26H21I2N3O4/c1-3-34-26(33)16(2)35-23-20(27)13-17(14-21(23)28)15-29-31-24(18-9-5-4-6-10-18)30-22-12-8-7-11-19(22)25(31)32/h4-16H,3H2,1-2H3/t16-/m1/s1. The van der Waals surface area contributed by atoms with Crippen LogP contribution in [0.5, 0.6) is 5.75 Å². The number of benzene rings is 3. The highest BCUT2D eigenvalue weighted by Crippen LogP contribution is 2.30. The number of carbonyl (C=O) groups is 1. The normalized spacial score (nSPS) is 12.1. The van der Waals surface area contributed by atoms with E-state index in [1.54, 1.807) is 26.1 Å². The van der Waals surface area contributed by atoms with Crippen molar-refractivity contribution < 1.29 is 14.3 Å². The van der Waals surface area contributed by atoms with E-state index in [1.807, 2.05) is 60.7 Å². The summed E-state index contributed by atoms with van der Waals surface area (Å²) in [6.07, 6.45) is 0.889. The molecule has 0 fully saturated rings. The Morgan fingerprint density at radius 3 is 2.43 bits per heavy atom. The molecule has 35 heavy (non-hydrogen) atoms. The van der Waals surface area contributed by atoms with Crippen LogP contribution in [0.1, 0.15) is 19.4 Å². The summed E-state index contributed by atoms with van der Waals surface area (Å²) in [5.41, 5.74) is 1.92. The highest BCUT2D eigenvalue weighted by molar-refractivity contribution is 14.1. The fraction of sp³-hybridized carbons (Fsp3) is 0.154. The van der Waals surface area contributed by atoms with Crippen molar-refractivity contribution in [3.05, 3.63) is 89.8 Å². The van der Waals surface area contributed by atoms with Crippen LogP contribution in [0.25, 0.3) is 22.3 Å². The molecule has 0 radical (unpaired) electrons. The summed E-state index contributed by atoms with van der Waals surface area (Å²) in [7, 11) is 0. The van der Waals surface area contributed by atoms with Crippen molar-refractivity contribution in [3.8, 4) is 17.1 Å². The van der Waals surface area contributed by atoms with Gasteiger partial charge in [0.25, 0.3) is 5.56 Å². The Hall–Kier alpha value is -2.80. The van der Waals surface area contributed by atoms with Crippen LogP contribution in [0.3, 0.4) is 0 Å². The molecular weight excluding hydrogens is 672 g/mol. The Kier molecular flexibility index (Phi) is 8.16. The van der Waals surface area contributed by atoms with Gasteiger partial charge in [0, 0.05) is 5.56 Å². The minimum atomic E-state index is -0.729. The molecule has 0 amide bonds. The molecule has 9 heteroatoms. The molecule has 0 saturated carbocycles. The van der Waals surface area contributed by atoms with Crippen LogP contribution in [0, 0.1) is 7.14 Å². The molecule has 0 unspecified atom stereocenters. The van der Waals surface area contributed by atoms with Crippen LogP contribution >= 0.6 is 45.2 Å². The van der Waals surface area contributed by atoms with E-state index in [9.17, 15) is 9.59 Å². The predicted molar refractivity (Wildman–Crippen MR) is 153 cm³/mol. The maximum atomic E-state index is 13.3. The molecule has 7 nitrogen and oxygen atoms in total. The lowest BCUT2D eigenvalue weighted by molar-refractivity contribution is -0.150. The second-order valence-electron chi connectivity index (χ2n) is 7.51. The summed E-state index contributed by atoms with van der Waals surface area (Å²) in [4.78, 5) is 30.0. The number of halogens is 2. The second-order valence-corrected chi connectivity index (χ2v) is 9.83. The molecule has 4 rings (SSSR count). The van der Waals surface area contributed by atoms with Crippen molar-refractivity contribution in [2.75, 3.05) is 6.61 Å². The highest BCUT2D eigenvalue weighted by Gasteiger charge is 2.19. The van der Waals surface area contributed by atoms with Gasteiger partial charge in [0.1, 0.15) is 5.75 Å². The van der Waals surface area contributed by atoms with Gasteiger partial charge in [-0.25, -0.2) is 9.78 Å². The maximum Gasteiger partial charge on any atom is 0.347 e. The zero-order valence-electron chi connectivity index (χ0n) is 18.9. The first-order valence-corrected chi connectivity index (χ1v) is 13.0. The van der Waals surface area contributed by atoms with Crippen LogP contribution in [0.4, 0.5) is 0 Å². The van der Waals surface area contributed by atoms with Crippen molar-refractivity contribution >= 4 is 68.3 Å². The molecular formula is C26H21I2N3O4. The predicted octanol–water partition coefficient (Wildman–Crippen LogP) is 5.49. The third kappa shape index (κ3) is 5.72. The Balaban J connectivity index is 1.73. The molecule has 0 aliphatic rings. The van der Waals surface area contributed by atoms with Crippen LogP contribution in [-0.4, -0.2) is 34.6 Å². The largest absolute Gasteiger partial charge is 0.477 e. The fourth-order valence-corrected chi connectivity index (χ4v) is 5.45. The topological polar surface area (TPSA) is 82.8 Å². The van der Waals surface area contributed by atoms with E-state index in [0.29, 0.717) is 29.1 Å². The van der Waals surface area contributed by atoms with Crippen molar-refractivity contribution in [2.24, 2.45) is 5.10 Å². The molecule has 0 aliphatic heterocycles. The molecule has 1 aromatic heterocycles. The first-order valence-electron chi connectivity index (χ1n) is 10.8. The second kappa shape index (κ2) is 11.3. The molecule has 0 bridgehead atoms. The minimum absolute atomic E-state index is 0.252. The third-order valence-electron chi connectivity index (χ3n) is 5.04. The van der Waals surface area contributed by atoms with Gasteiger partial charge in [0.05, 0.1) is 30.9 Å². The molecule has 0 saturated heterocycles. The molecule has 1 atom stereocenters. The summed E-state index contributed by atoms with van der Waals surface area (Å²) >= 11 is 4.31. The first kappa shape index (κ1) is 25.3. The van der Waals surface area contributed by atoms with E-state index in [0.717, 1.165) is 18.3 Å². The van der Waals surface area contributed by atoms with Gasteiger partial charge in [0.15, 0.2) is 11.9 Å². The number of ether oxygens (including phenoxy) is 2. The smallest absolute Gasteiger partial charge is 0.347 e. The Morgan fingerprint density at radius 1 is 1.09 bits per heavy atom. The van der Waals surface area contributed by atoms with E-state index in [4.69, 9.17) is 14.5 Å². The number of hydrogen-bond donors (Lipinski definition) is 0. The summed E-state index contributed by atoms with van der Waals surface area (Å²) in [6, 6.07) is 20.5. The van der Waals surface area contributed by atoms with E-state index >= 15 is 0 Å². The van der Waals surface area contributed by atoms with Gasteiger partial charge in [-0.3, -0.25) is 4.79 Å². The number of carbonyl (C=O) groups excluding carboxylic acids is 1. The fourth-order valence-electron chi connectivity index (χ4n) is 3.38. The number of nitrogens with zero attached hydrogens (tertiary/aromatic N) is 3. The first-order chi connectivity index (χ1) is 16.9. The maximum absolute atomic E-state index is 13.3. The van der Waals surface area contributed by atoms with E-state index in [-0.39, 0.29) is 5.56 Å². The summed E-state index contributed by atoms with van der Waals surface area (Å²) < 4.78 is 13.8. The number of rotatable bonds is 7. The van der Waals surface area contributed by atoms with Gasteiger partial charge in [-0.05, 0) is 88.9 Å². The number of hydrogen-bond acceptors (Lipinski definition) is 6. The molecule has 1 heterocycles. The summed E-state index contributed by atoms with van der Waals surface area (Å²) in [5.74, 6) is 0.637. The average molecular weight is 693 g/mol. The van der Waals surface area contributed by atoms with E-state index in [1.165, 1.54) is 4.68 Å². The number of fused-ring (bicyclic) bond motifs is 1. The average Bonchev–Trinajstić information content (AvgIpc) is 2.86. The molecule has 0 aliphatic carbocycles. The van der Waals surface area contributed by atoms with Gasteiger partial charge in [-0.15, -0.1) is 0 Å². The molecule has 4 aromatic rings. The Morgan fingerprint density at radius 2 is 1.74 bits per heavy atom. The van der Waals surface area contributed by atoms with Gasteiger partial charge < -0.3 is 9.47 Å². The summed E-state index contributed by atoms with van der Waals surface area (Å²) in [5, 5.41) is 5.01. The van der Waals surface area contributed by atoms with Crippen LogP contribution in [-0.2, 0) is 9.53 Å². The number of aromatic nitrogens is 2. The van der Waals surface area contributed by atoms with Gasteiger partial charge in [-0.2, -0.15) is 9.78 Å². The molecule has 0 spiro atoms. The Bertz CT molecular complexity index is 1450. The highest BCUT2D eigenvalue weighted by atomic mass is 127. The van der Waals surface area contributed by atoms with Gasteiger partial charge >= 0.3 is 5.97 Å². The minimum Gasteiger partial charge on any atom is -0.477 e. The van der Waals surface area contributed by atoms with Crippen LogP contribution < -0.4 is 10.3 Å². The lowest BCUT2D eigenvalue weighted by atomic mass is 10.2. The third-order valence-corrected chi connectivity index (χ3v) is 6.64. The monoisotopic (exact) mass is 693 g/mol. The van der Waals surface area contributed by atoms with Crippen molar-refractivity contribution in [2.45, 2.75) is 20.0 Å². The lowest BCUT2D eigenvalue weighted by Crippen LogP contribution is -2.26. The van der Waals surface area contributed by atoms with E-state index < -0.39 is 12.1 Å². The van der Waals surface area contributed by atoms with Crippen molar-refractivity contribution in [1.29, 1.82) is 0 Å². The van der Waals surface area contributed by atoms with Gasteiger partial charge in [0.2, 0.25) is 0 Å². The van der Waals surface area contributed by atoms with Crippen molar-refractivity contribution in [3.63, 3.8) is 0 Å². The quantitative estimate of drug-likeness (QED) is 0.146. The summed E-state index contributed by atoms with van der Waals surface area (Å²) in [6.45, 7) is 3.71. The molecule has 3 aromatic carbocycles. The molecule has 178 valence electrons. The van der Waals surface area contributed by atoms with Crippen LogP contribution in [0.15, 0.2) is 76.6 Å². The van der Waals surface area contributed by atoms with Crippen LogP contribution in [0.2, 0.25) is 0 Å². The lowest BCUT2D eigenvalue weighted by Gasteiger charge is -2.16. The SMILES string of the molecule is CCOC(=O)[C@@H](C)Oc1c(I)cc(C=Nn2c(-c3ccccc3)nc3ccccc3c2=O)cc1I. The van der Waals surface area contributed by atoms with E-state index in [2.05, 4.69) is 50.3 Å². The molecule has 0 N–H and O–H groups in total. The van der Waals surface area contributed by atoms with Crippen molar-refractivity contribution in [1.82, 2.24) is 9.66 Å². The number of para-hydroxylation sites is 1.